The SMILES string of the molecule is C[C@H]1C[C@@H]1C(=O)N1CCN(C(=O)c2ccc(F)cc2Cl)CC1. The van der Waals surface area contributed by atoms with Crippen LogP contribution in [0.4, 0.5) is 4.39 Å². The average molecular weight is 325 g/mol. The summed E-state index contributed by atoms with van der Waals surface area (Å²) in [5, 5.41) is 0.121. The average Bonchev–Trinajstić information content (AvgIpc) is 3.23. The van der Waals surface area contributed by atoms with Gasteiger partial charge >= 0.3 is 0 Å². The molecule has 118 valence electrons. The Balaban J connectivity index is 1.61. The highest BCUT2D eigenvalue weighted by molar-refractivity contribution is 6.33. The number of rotatable bonds is 2. The van der Waals surface area contributed by atoms with E-state index in [2.05, 4.69) is 6.92 Å². The number of hydrogen-bond acceptors (Lipinski definition) is 2. The number of halogens is 2. The molecule has 1 aromatic rings. The van der Waals surface area contributed by atoms with E-state index in [1.165, 1.54) is 12.1 Å². The molecule has 0 radical (unpaired) electrons. The van der Waals surface area contributed by atoms with Crippen molar-refractivity contribution >= 4 is 23.4 Å². The number of nitrogens with zero attached hydrogens (tertiary/aromatic N) is 2. The third-order valence-corrected chi connectivity index (χ3v) is 4.78. The van der Waals surface area contributed by atoms with E-state index in [9.17, 15) is 14.0 Å². The minimum Gasteiger partial charge on any atom is -0.339 e. The molecular weight excluding hydrogens is 307 g/mol. The highest BCUT2D eigenvalue weighted by Crippen LogP contribution is 2.39. The summed E-state index contributed by atoms with van der Waals surface area (Å²) >= 11 is 5.94. The molecule has 2 atom stereocenters. The van der Waals surface area contributed by atoms with Crippen LogP contribution in [-0.4, -0.2) is 47.8 Å². The van der Waals surface area contributed by atoms with Gasteiger partial charge in [0.15, 0.2) is 0 Å². The van der Waals surface area contributed by atoms with Crippen LogP contribution in [0.25, 0.3) is 0 Å². The van der Waals surface area contributed by atoms with Crippen molar-refractivity contribution in [1.29, 1.82) is 0 Å². The molecule has 22 heavy (non-hydrogen) atoms. The highest BCUT2D eigenvalue weighted by Gasteiger charge is 2.42. The van der Waals surface area contributed by atoms with Crippen LogP contribution >= 0.6 is 11.6 Å². The van der Waals surface area contributed by atoms with Crippen molar-refractivity contribution < 1.29 is 14.0 Å². The zero-order valence-corrected chi connectivity index (χ0v) is 13.1. The molecule has 2 aliphatic rings. The third kappa shape index (κ3) is 2.95. The predicted molar refractivity (Wildman–Crippen MR) is 81.2 cm³/mol. The first-order chi connectivity index (χ1) is 10.5. The van der Waals surface area contributed by atoms with Gasteiger partial charge in [0, 0.05) is 32.1 Å². The Labute approximate surface area is 133 Å². The molecule has 2 fully saturated rings. The van der Waals surface area contributed by atoms with E-state index in [1.54, 1.807) is 4.90 Å². The summed E-state index contributed by atoms with van der Waals surface area (Å²) < 4.78 is 13.1. The second-order valence-electron chi connectivity index (χ2n) is 6.06. The lowest BCUT2D eigenvalue weighted by molar-refractivity contribution is -0.134. The monoisotopic (exact) mass is 324 g/mol. The molecule has 1 saturated heterocycles. The van der Waals surface area contributed by atoms with Gasteiger partial charge in [-0.1, -0.05) is 18.5 Å². The smallest absolute Gasteiger partial charge is 0.255 e. The number of carbonyl (C=O) groups excluding carboxylic acids is 2. The topological polar surface area (TPSA) is 40.6 Å². The van der Waals surface area contributed by atoms with E-state index >= 15 is 0 Å². The fraction of sp³-hybridized carbons (Fsp3) is 0.500. The zero-order chi connectivity index (χ0) is 15.9. The van der Waals surface area contributed by atoms with Crippen LogP contribution in [0.2, 0.25) is 5.02 Å². The Bertz CT molecular complexity index is 614. The molecule has 0 spiro atoms. The summed E-state index contributed by atoms with van der Waals surface area (Å²) in [4.78, 5) is 28.1. The number of amides is 2. The molecular formula is C16H18ClFN2O2. The lowest BCUT2D eigenvalue weighted by atomic mass is 10.1. The maximum Gasteiger partial charge on any atom is 0.255 e. The summed E-state index contributed by atoms with van der Waals surface area (Å²) in [7, 11) is 0. The van der Waals surface area contributed by atoms with E-state index in [1.807, 2.05) is 4.90 Å². The molecule has 3 rings (SSSR count). The van der Waals surface area contributed by atoms with Gasteiger partial charge in [-0.2, -0.15) is 0 Å². The molecule has 0 bridgehead atoms. The van der Waals surface area contributed by atoms with Gasteiger partial charge in [0.05, 0.1) is 10.6 Å². The van der Waals surface area contributed by atoms with E-state index in [4.69, 9.17) is 11.6 Å². The predicted octanol–water partition coefficient (Wildman–Crippen LogP) is 2.42. The van der Waals surface area contributed by atoms with Crippen LogP contribution in [0.3, 0.4) is 0 Å². The summed E-state index contributed by atoms with van der Waals surface area (Å²) in [6, 6.07) is 3.78. The Morgan fingerprint density at radius 2 is 1.77 bits per heavy atom. The van der Waals surface area contributed by atoms with Gasteiger partial charge in [0.2, 0.25) is 5.91 Å². The van der Waals surface area contributed by atoms with Crippen LogP contribution < -0.4 is 0 Å². The Kier molecular flexibility index (Phi) is 4.08. The van der Waals surface area contributed by atoms with Crippen molar-refractivity contribution in [2.24, 2.45) is 11.8 Å². The second kappa shape index (κ2) is 5.88. The number of piperazine rings is 1. The first-order valence-electron chi connectivity index (χ1n) is 7.50. The summed E-state index contributed by atoms with van der Waals surface area (Å²) in [6.07, 6.45) is 0.975. The van der Waals surface area contributed by atoms with Crippen molar-refractivity contribution in [3.05, 3.63) is 34.6 Å². The fourth-order valence-electron chi connectivity index (χ4n) is 2.86. The molecule has 2 amide bonds. The summed E-state index contributed by atoms with van der Waals surface area (Å²) in [5.74, 6) is 0.200. The van der Waals surface area contributed by atoms with Gasteiger partial charge < -0.3 is 9.80 Å². The van der Waals surface area contributed by atoms with Gasteiger partial charge in [0.1, 0.15) is 5.82 Å². The maximum atomic E-state index is 13.1. The third-order valence-electron chi connectivity index (χ3n) is 4.47. The first-order valence-corrected chi connectivity index (χ1v) is 7.88. The Hall–Kier alpha value is -1.62. The standard InChI is InChI=1S/C16H18ClFN2O2/c1-10-8-13(10)16(22)20-6-4-19(5-7-20)15(21)12-3-2-11(18)9-14(12)17/h2-3,9-10,13H,4-8H2,1H3/t10-,13-/m0/s1. The van der Waals surface area contributed by atoms with Gasteiger partial charge in [-0.25, -0.2) is 4.39 Å². The first kappa shape index (κ1) is 15.3. The minimum absolute atomic E-state index is 0.121. The number of carbonyl (C=O) groups is 2. The molecule has 0 aromatic heterocycles. The van der Waals surface area contributed by atoms with Crippen LogP contribution in [-0.2, 0) is 4.79 Å². The summed E-state index contributed by atoms with van der Waals surface area (Å²) in [6.45, 7) is 4.15. The lowest BCUT2D eigenvalue weighted by Crippen LogP contribution is -2.51. The van der Waals surface area contributed by atoms with E-state index in [-0.39, 0.29) is 22.8 Å². The normalized spacial score (nSPS) is 24.3. The highest BCUT2D eigenvalue weighted by atomic mass is 35.5. The van der Waals surface area contributed by atoms with Crippen molar-refractivity contribution in [3.63, 3.8) is 0 Å². The maximum absolute atomic E-state index is 13.1. The minimum atomic E-state index is -0.462. The van der Waals surface area contributed by atoms with Crippen LogP contribution in [0.15, 0.2) is 18.2 Å². The Morgan fingerprint density at radius 1 is 1.18 bits per heavy atom. The largest absolute Gasteiger partial charge is 0.339 e. The van der Waals surface area contributed by atoms with Crippen molar-refractivity contribution in [2.45, 2.75) is 13.3 Å². The van der Waals surface area contributed by atoms with Crippen molar-refractivity contribution in [3.8, 4) is 0 Å². The van der Waals surface area contributed by atoms with Crippen LogP contribution in [0, 0.1) is 17.7 Å². The molecule has 4 nitrogen and oxygen atoms in total. The molecule has 1 heterocycles. The number of hydrogen-bond donors (Lipinski definition) is 0. The second-order valence-corrected chi connectivity index (χ2v) is 6.47. The van der Waals surface area contributed by atoms with Crippen LogP contribution in [0.1, 0.15) is 23.7 Å². The molecule has 1 aromatic carbocycles. The number of benzene rings is 1. The molecule has 0 N–H and O–H groups in total. The molecule has 1 aliphatic carbocycles. The van der Waals surface area contributed by atoms with E-state index in [0.29, 0.717) is 37.7 Å². The fourth-order valence-corrected chi connectivity index (χ4v) is 3.11. The molecule has 6 heteroatoms. The van der Waals surface area contributed by atoms with Crippen molar-refractivity contribution in [2.75, 3.05) is 26.2 Å². The van der Waals surface area contributed by atoms with E-state index in [0.717, 1.165) is 12.5 Å². The molecule has 1 aliphatic heterocycles. The van der Waals surface area contributed by atoms with Crippen molar-refractivity contribution in [1.82, 2.24) is 9.80 Å². The molecule has 0 unspecified atom stereocenters. The molecule has 1 saturated carbocycles. The van der Waals surface area contributed by atoms with Gasteiger partial charge in [-0.15, -0.1) is 0 Å². The summed E-state index contributed by atoms with van der Waals surface area (Å²) in [5.41, 5.74) is 0.304. The zero-order valence-electron chi connectivity index (χ0n) is 12.4. The van der Waals surface area contributed by atoms with Gasteiger partial charge in [-0.05, 0) is 30.5 Å². The quantitative estimate of drug-likeness (QED) is 0.838. The van der Waals surface area contributed by atoms with Crippen LogP contribution in [0.5, 0.6) is 0 Å². The Morgan fingerprint density at radius 3 is 2.32 bits per heavy atom. The lowest BCUT2D eigenvalue weighted by Gasteiger charge is -2.35. The van der Waals surface area contributed by atoms with E-state index < -0.39 is 5.82 Å². The van der Waals surface area contributed by atoms with Gasteiger partial charge in [-0.3, -0.25) is 9.59 Å². The van der Waals surface area contributed by atoms with Gasteiger partial charge in [0.25, 0.3) is 5.91 Å².